The van der Waals surface area contributed by atoms with Gasteiger partial charge in [-0.05, 0) is 69.4 Å². The molecule has 0 saturated heterocycles. The highest BCUT2D eigenvalue weighted by atomic mass is 19.4. The van der Waals surface area contributed by atoms with Crippen molar-refractivity contribution in [2.24, 2.45) is 0 Å². The van der Waals surface area contributed by atoms with Crippen molar-refractivity contribution in [1.82, 2.24) is 15.3 Å². The molecule has 1 saturated carbocycles. The molecule has 0 atom stereocenters. The minimum atomic E-state index is -4.48. The third-order valence-corrected chi connectivity index (χ3v) is 6.29. The molecular formula is C28H28F3N3O4. The molecule has 0 bridgehead atoms. The van der Waals surface area contributed by atoms with Crippen molar-refractivity contribution in [3.05, 3.63) is 76.6 Å². The van der Waals surface area contributed by atoms with E-state index in [0.717, 1.165) is 36.1 Å². The largest absolute Gasteiger partial charge is 0.478 e. The van der Waals surface area contributed by atoms with E-state index in [2.05, 4.69) is 15.3 Å². The summed E-state index contributed by atoms with van der Waals surface area (Å²) >= 11 is 0. The fourth-order valence-corrected chi connectivity index (χ4v) is 3.93. The average molecular weight is 528 g/mol. The Labute approximate surface area is 218 Å². The molecule has 2 aromatic carbocycles. The molecule has 0 spiro atoms. The van der Waals surface area contributed by atoms with Crippen LogP contribution in [0.3, 0.4) is 0 Å². The van der Waals surface area contributed by atoms with Crippen molar-refractivity contribution >= 4 is 11.9 Å². The Balaban J connectivity index is 1.43. The molecule has 1 amide bonds. The normalized spacial score (nSPS) is 13.7. The van der Waals surface area contributed by atoms with Crippen LogP contribution in [0.5, 0.6) is 5.75 Å². The highest BCUT2D eigenvalue weighted by Gasteiger charge is 2.33. The molecule has 0 unspecified atom stereocenters. The number of carboxylic acids is 1. The number of nitrogens with zero attached hydrogens (tertiary/aromatic N) is 2. The Bertz CT molecular complexity index is 1370. The van der Waals surface area contributed by atoms with E-state index in [1.54, 1.807) is 6.07 Å². The van der Waals surface area contributed by atoms with E-state index in [0.29, 0.717) is 30.0 Å². The summed E-state index contributed by atoms with van der Waals surface area (Å²) in [5.41, 5.74) is 0.664. The van der Waals surface area contributed by atoms with E-state index in [9.17, 15) is 27.9 Å². The van der Waals surface area contributed by atoms with Gasteiger partial charge in [-0.1, -0.05) is 24.3 Å². The number of amides is 1. The fourth-order valence-electron chi connectivity index (χ4n) is 3.93. The lowest BCUT2D eigenvalue weighted by Gasteiger charge is -2.23. The van der Waals surface area contributed by atoms with Crippen molar-refractivity contribution in [2.45, 2.75) is 57.7 Å². The molecule has 0 aliphatic heterocycles. The first-order valence-corrected chi connectivity index (χ1v) is 12.2. The van der Waals surface area contributed by atoms with Crippen LogP contribution < -0.4 is 10.1 Å². The number of aryl methyl sites for hydroxylation is 1. The predicted octanol–water partition coefficient (Wildman–Crippen LogP) is 5.56. The predicted molar refractivity (Wildman–Crippen MR) is 134 cm³/mol. The number of carboxylic acid groups (broad SMARTS) is 1. The molecule has 1 aliphatic rings. The van der Waals surface area contributed by atoms with Gasteiger partial charge in [-0.15, -0.1) is 0 Å². The monoisotopic (exact) mass is 527 g/mol. The van der Waals surface area contributed by atoms with E-state index in [-0.39, 0.29) is 23.2 Å². The third-order valence-electron chi connectivity index (χ3n) is 6.29. The molecule has 1 fully saturated rings. The zero-order valence-electron chi connectivity index (χ0n) is 21.2. The molecule has 3 aromatic rings. The van der Waals surface area contributed by atoms with Gasteiger partial charge in [-0.25, -0.2) is 14.8 Å². The highest BCUT2D eigenvalue weighted by molar-refractivity contribution is 5.95. The first kappa shape index (κ1) is 27.1. The lowest BCUT2D eigenvalue weighted by atomic mass is 10.1. The van der Waals surface area contributed by atoms with Crippen LogP contribution in [-0.4, -0.2) is 39.1 Å². The van der Waals surface area contributed by atoms with Crippen LogP contribution in [0.4, 0.5) is 13.2 Å². The average Bonchev–Trinajstić information content (AvgIpc) is 3.70. The maximum atomic E-state index is 13.1. The van der Waals surface area contributed by atoms with Crippen LogP contribution in [0.2, 0.25) is 0 Å². The number of halogens is 3. The number of aromatic nitrogens is 2. The second-order valence-electron chi connectivity index (χ2n) is 9.87. The first-order valence-electron chi connectivity index (χ1n) is 12.2. The number of rotatable bonds is 9. The summed E-state index contributed by atoms with van der Waals surface area (Å²) < 4.78 is 45.0. The van der Waals surface area contributed by atoms with Crippen LogP contribution in [0.15, 0.2) is 48.7 Å². The van der Waals surface area contributed by atoms with Gasteiger partial charge in [0.05, 0.1) is 16.8 Å². The molecule has 200 valence electrons. The van der Waals surface area contributed by atoms with Gasteiger partial charge in [0.25, 0.3) is 5.91 Å². The summed E-state index contributed by atoms with van der Waals surface area (Å²) in [6, 6.07) is 10.2. The van der Waals surface area contributed by atoms with Crippen molar-refractivity contribution in [1.29, 1.82) is 0 Å². The Kier molecular flexibility index (Phi) is 7.44. The molecule has 38 heavy (non-hydrogen) atoms. The van der Waals surface area contributed by atoms with Crippen LogP contribution in [0.25, 0.3) is 11.4 Å². The second-order valence-corrected chi connectivity index (χ2v) is 9.87. The van der Waals surface area contributed by atoms with Crippen molar-refractivity contribution in [2.75, 3.05) is 6.54 Å². The molecular weight excluding hydrogens is 499 g/mol. The van der Waals surface area contributed by atoms with E-state index >= 15 is 0 Å². The number of hydrogen-bond acceptors (Lipinski definition) is 5. The molecule has 0 radical (unpaired) electrons. The Hall–Kier alpha value is -3.95. The minimum absolute atomic E-state index is 0.0774. The summed E-state index contributed by atoms with van der Waals surface area (Å²) in [7, 11) is 0. The van der Waals surface area contributed by atoms with Crippen LogP contribution in [0.1, 0.15) is 65.3 Å². The van der Waals surface area contributed by atoms with Crippen LogP contribution in [-0.2, 0) is 17.4 Å². The minimum Gasteiger partial charge on any atom is -0.478 e. The maximum absolute atomic E-state index is 13.1. The number of aliphatic carboxylic acids is 1. The smallest absolute Gasteiger partial charge is 0.416 e. The van der Waals surface area contributed by atoms with Gasteiger partial charge in [-0.2, -0.15) is 13.2 Å². The van der Waals surface area contributed by atoms with Gasteiger partial charge in [0.2, 0.25) is 0 Å². The maximum Gasteiger partial charge on any atom is 0.416 e. The fraction of sp³-hybridized carbons (Fsp3) is 0.357. The lowest BCUT2D eigenvalue weighted by molar-refractivity contribution is -0.152. The lowest BCUT2D eigenvalue weighted by Crippen LogP contribution is -2.38. The zero-order valence-corrected chi connectivity index (χ0v) is 21.2. The highest BCUT2D eigenvalue weighted by Crippen LogP contribution is 2.41. The Morgan fingerprint density at radius 3 is 2.50 bits per heavy atom. The third kappa shape index (κ3) is 6.30. The number of carbonyl (C=O) groups excluding carboxylic acids is 1. The summed E-state index contributed by atoms with van der Waals surface area (Å²) in [6.45, 7) is 5.10. The second kappa shape index (κ2) is 10.4. The number of nitrogens with one attached hydrogen (secondary N) is 1. The zero-order chi connectivity index (χ0) is 27.7. The van der Waals surface area contributed by atoms with Gasteiger partial charge in [0.1, 0.15) is 5.75 Å². The number of alkyl halides is 3. The topological polar surface area (TPSA) is 101 Å². The quantitative estimate of drug-likeness (QED) is 0.378. The molecule has 2 N–H and O–H groups in total. The van der Waals surface area contributed by atoms with Crippen molar-refractivity contribution < 1.29 is 32.6 Å². The number of carbonyl (C=O) groups is 2. The molecule has 10 heteroatoms. The van der Waals surface area contributed by atoms with Crippen molar-refractivity contribution in [3.63, 3.8) is 0 Å². The summed E-state index contributed by atoms with van der Waals surface area (Å²) in [5.74, 6) is -0.715. The number of benzene rings is 2. The van der Waals surface area contributed by atoms with Gasteiger partial charge >= 0.3 is 12.1 Å². The molecule has 1 aliphatic carbocycles. The summed E-state index contributed by atoms with van der Waals surface area (Å²) in [6.07, 6.45) is -0.864. The van der Waals surface area contributed by atoms with Crippen LogP contribution in [0, 0.1) is 6.92 Å². The number of ether oxygens (including phenoxy) is 1. The molecule has 7 nitrogen and oxygen atoms in total. The Morgan fingerprint density at radius 2 is 1.87 bits per heavy atom. The Morgan fingerprint density at radius 1 is 1.13 bits per heavy atom. The SMILES string of the molecule is Cc1cc(CCNC(=O)c2cnc(-c3cccc(C(F)(F)F)c3)nc2C2CC2)ccc1OC(C)(C)C(=O)O. The van der Waals surface area contributed by atoms with E-state index in [4.69, 9.17) is 4.74 Å². The van der Waals surface area contributed by atoms with Crippen molar-refractivity contribution in [3.8, 4) is 17.1 Å². The van der Waals surface area contributed by atoms with E-state index in [1.807, 2.05) is 19.1 Å². The van der Waals surface area contributed by atoms with Gasteiger partial charge in [-0.3, -0.25) is 4.79 Å². The van der Waals surface area contributed by atoms with Gasteiger partial charge in [0.15, 0.2) is 11.4 Å². The number of hydrogen-bond donors (Lipinski definition) is 2. The van der Waals surface area contributed by atoms with Gasteiger partial charge in [0, 0.05) is 24.2 Å². The van der Waals surface area contributed by atoms with E-state index in [1.165, 1.54) is 32.2 Å². The molecule has 1 heterocycles. The standard InChI is InChI=1S/C28H28F3N3O4/c1-16-13-17(7-10-22(16)38-27(2,3)26(36)37)11-12-32-25(35)21-15-33-24(34-23(21)18-8-9-18)19-5-4-6-20(14-19)28(29,30)31/h4-7,10,13-15,18H,8-9,11-12H2,1-3H3,(H,32,35)(H,36,37). The van der Waals surface area contributed by atoms with Gasteiger partial charge < -0.3 is 15.2 Å². The summed E-state index contributed by atoms with van der Waals surface area (Å²) in [4.78, 5) is 32.9. The summed E-state index contributed by atoms with van der Waals surface area (Å²) in [5, 5.41) is 12.1. The molecule has 1 aromatic heterocycles. The molecule has 4 rings (SSSR count). The van der Waals surface area contributed by atoms with Crippen LogP contribution >= 0.6 is 0 Å². The first-order chi connectivity index (χ1) is 17.8. The van der Waals surface area contributed by atoms with E-state index < -0.39 is 23.3 Å².